The van der Waals surface area contributed by atoms with Crippen LogP contribution in [-0.2, 0) is 14.8 Å². The van der Waals surface area contributed by atoms with E-state index in [4.69, 9.17) is 15.2 Å². The van der Waals surface area contributed by atoms with Crippen LogP contribution in [0.25, 0.3) is 0 Å². The molecule has 2 rings (SSSR count). The van der Waals surface area contributed by atoms with Crippen LogP contribution in [0.4, 0.5) is 0 Å². The molecule has 1 fully saturated rings. The Hall–Kier alpha value is -1.68. The molecule has 1 aliphatic heterocycles. The third-order valence-corrected chi connectivity index (χ3v) is 7.06. The van der Waals surface area contributed by atoms with Crippen molar-refractivity contribution in [3.63, 3.8) is 0 Å². The standard InChI is InChI=1S/C18H29N3O5S/c1-4-18(5-2,13-19)20-17(22)14-6-7-15(25-3)16(12-14)27(23,24)21-8-10-26-11-9-21/h6-7,12H,4-5,8-11,13,19H2,1-3H3,(H,20,22). The van der Waals surface area contributed by atoms with Crippen LogP contribution < -0.4 is 15.8 Å². The summed E-state index contributed by atoms with van der Waals surface area (Å²) in [4.78, 5) is 12.7. The number of hydrogen-bond acceptors (Lipinski definition) is 6. The second-order valence-electron chi connectivity index (χ2n) is 6.53. The first kappa shape index (κ1) is 21.6. The van der Waals surface area contributed by atoms with Gasteiger partial charge in [-0.3, -0.25) is 4.79 Å². The third-order valence-electron chi connectivity index (χ3n) is 5.14. The van der Waals surface area contributed by atoms with Crippen LogP contribution in [0.2, 0.25) is 0 Å². The zero-order chi connectivity index (χ0) is 20.1. The van der Waals surface area contributed by atoms with Crippen molar-refractivity contribution in [2.45, 2.75) is 37.1 Å². The topological polar surface area (TPSA) is 111 Å². The molecule has 1 aromatic rings. The van der Waals surface area contributed by atoms with Gasteiger partial charge in [0.05, 0.1) is 25.9 Å². The Bertz CT molecular complexity index is 748. The van der Waals surface area contributed by atoms with E-state index >= 15 is 0 Å². The van der Waals surface area contributed by atoms with E-state index in [0.29, 0.717) is 32.6 Å². The Kier molecular flexibility index (Phi) is 7.21. The number of ether oxygens (including phenoxy) is 2. The van der Waals surface area contributed by atoms with Crippen LogP contribution in [0, 0.1) is 0 Å². The van der Waals surface area contributed by atoms with Crippen LogP contribution in [0.3, 0.4) is 0 Å². The maximum Gasteiger partial charge on any atom is 0.251 e. The molecule has 1 amide bonds. The molecular formula is C18H29N3O5S. The molecule has 0 aliphatic carbocycles. The molecule has 1 saturated heterocycles. The lowest BCUT2D eigenvalue weighted by Gasteiger charge is -2.31. The van der Waals surface area contributed by atoms with Gasteiger partial charge in [0, 0.05) is 25.2 Å². The molecule has 1 aromatic carbocycles. The van der Waals surface area contributed by atoms with Crippen LogP contribution in [0.1, 0.15) is 37.0 Å². The molecule has 0 saturated carbocycles. The first-order chi connectivity index (χ1) is 12.8. The molecule has 0 radical (unpaired) electrons. The largest absolute Gasteiger partial charge is 0.495 e. The Morgan fingerprint density at radius 1 is 1.30 bits per heavy atom. The number of morpholine rings is 1. The smallest absolute Gasteiger partial charge is 0.251 e. The second-order valence-corrected chi connectivity index (χ2v) is 8.43. The van der Waals surface area contributed by atoms with Crippen molar-refractivity contribution in [3.05, 3.63) is 23.8 Å². The first-order valence-corrected chi connectivity index (χ1v) is 10.6. The fourth-order valence-electron chi connectivity index (χ4n) is 3.03. The molecule has 3 N–H and O–H groups in total. The highest BCUT2D eigenvalue weighted by molar-refractivity contribution is 7.89. The second kappa shape index (κ2) is 9.01. The highest BCUT2D eigenvalue weighted by Gasteiger charge is 2.31. The molecule has 27 heavy (non-hydrogen) atoms. The average Bonchev–Trinajstić information content (AvgIpc) is 2.72. The third kappa shape index (κ3) is 4.60. The number of carbonyl (C=O) groups excluding carboxylic acids is 1. The predicted octanol–water partition coefficient (Wildman–Crippen LogP) is 0.963. The van der Waals surface area contributed by atoms with Crippen molar-refractivity contribution in [1.82, 2.24) is 9.62 Å². The minimum absolute atomic E-state index is 0.0223. The van der Waals surface area contributed by atoms with Crippen molar-refractivity contribution in [3.8, 4) is 5.75 Å². The fraction of sp³-hybridized carbons (Fsp3) is 0.611. The minimum Gasteiger partial charge on any atom is -0.495 e. The number of hydrogen-bond donors (Lipinski definition) is 2. The van der Waals surface area contributed by atoms with Gasteiger partial charge in [-0.05, 0) is 31.0 Å². The van der Waals surface area contributed by atoms with E-state index in [0.717, 1.165) is 0 Å². The van der Waals surface area contributed by atoms with Gasteiger partial charge in [-0.2, -0.15) is 4.31 Å². The molecule has 0 aromatic heterocycles. The number of nitrogens with one attached hydrogen (secondary N) is 1. The maximum absolute atomic E-state index is 13.0. The Labute approximate surface area is 161 Å². The van der Waals surface area contributed by atoms with E-state index in [1.54, 1.807) is 6.07 Å². The quantitative estimate of drug-likeness (QED) is 0.674. The molecule has 1 heterocycles. The van der Waals surface area contributed by atoms with Crippen molar-refractivity contribution in [1.29, 1.82) is 0 Å². The summed E-state index contributed by atoms with van der Waals surface area (Å²) < 4.78 is 37.9. The van der Waals surface area contributed by atoms with Crippen LogP contribution in [0.5, 0.6) is 5.75 Å². The Morgan fingerprint density at radius 3 is 2.44 bits per heavy atom. The van der Waals surface area contributed by atoms with Gasteiger partial charge in [-0.25, -0.2) is 8.42 Å². The van der Waals surface area contributed by atoms with Crippen molar-refractivity contribution < 1.29 is 22.7 Å². The molecule has 1 aliphatic rings. The van der Waals surface area contributed by atoms with E-state index in [1.165, 1.54) is 23.5 Å². The van der Waals surface area contributed by atoms with Gasteiger partial charge in [0.25, 0.3) is 5.91 Å². The van der Waals surface area contributed by atoms with Gasteiger partial charge in [-0.1, -0.05) is 13.8 Å². The zero-order valence-electron chi connectivity index (χ0n) is 16.2. The van der Waals surface area contributed by atoms with Crippen molar-refractivity contribution in [2.75, 3.05) is 40.0 Å². The van der Waals surface area contributed by atoms with E-state index < -0.39 is 15.6 Å². The molecule has 0 unspecified atom stereocenters. The molecule has 0 spiro atoms. The first-order valence-electron chi connectivity index (χ1n) is 9.12. The summed E-state index contributed by atoms with van der Waals surface area (Å²) in [6.07, 6.45) is 1.36. The van der Waals surface area contributed by atoms with Crippen molar-refractivity contribution in [2.24, 2.45) is 5.73 Å². The summed E-state index contributed by atoms with van der Waals surface area (Å²) in [6.45, 7) is 5.44. The number of carbonyl (C=O) groups is 1. The number of rotatable bonds is 8. The van der Waals surface area contributed by atoms with Gasteiger partial charge in [-0.15, -0.1) is 0 Å². The SMILES string of the molecule is CCC(CC)(CN)NC(=O)c1ccc(OC)c(S(=O)(=O)N2CCOCC2)c1. The summed E-state index contributed by atoms with van der Waals surface area (Å²) in [6, 6.07) is 4.43. The molecular weight excluding hydrogens is 370 g/mol. The van der Waals surface area contributed by atoms with E-state index in [9.17, 15) is 13.2 Å². The Morgan fingerprint density at radius 2 is 1.93 bits per heavy atom. The lowest BCUT2D eigenvalue weighted by Crippen LogP contribution is -2.52. The van der Waals surface area contributed by atoms with E-state index in [2.05, 4.69) is 5.32 Å². The molecule has 9 heteroatoms. The van der Waals surface area contributed by atoms with E-state index in [-0.39, 0.29) is 35.2 Å². The number of methoxy groups -OCH3 is 1. The van der Waals surface area contributed by atoms with Gasteiger partial charge in [0.2, 0.25) is 10.0 Å². The van der Waals surface area contributed by atoms with Crippen LogP contribution in [0.15, 0.2) is 23.1 Å². The number of benzene rings is 1. The summed E-state index contributed by atoms with van der Waals surface area (Å²) in [5.74, 6) is -0.153. The zero-order valence-corrected chi connectivity index (χ0v) is 17.0. The highest BCUT2D eigenvalue weighted by Crippen LogP contribution is 2.28. The summed E-state index contributed by atoms with van der Waals surface area (Å²) in [5, 5.41) is 2.96. The van der Waals surface area contributed by atoms with Crippen LogP contribution >= 0.6 is 0 Å². The number of nitrogens with zero attached hydrogens (tertiary/aromatic N) is 1. The van der Waals surface area contributed by atoms with Crippen LogP contribution in [-0.4, -0.2) is 64.1 Å². The lowest BCUT2D eigenvalue weighted by molar-refractivity contribution is 0.0729. The van der Waals surface area contributed by atoms with Gasteiger partial charge < -0.3 is 20.5 Å². The Balaban J connectivity index is 2.38. The maximum atomic E-state index is 13.0. The molecule has 8 nitrogen and oxygen atoms in total. The number of amides is 1. The van der Waals surface area contributed by atoms with Gasteiger partial charge >= 0.3 is 0 Å². The minimum atomic E-state index is -3.80. The average molecular weight is 400 g/mol. The van der Waals surface area contributed by atoms with Gasteiger partial charge in [0.1, 0.15) is 10.6 Å². The van der Waals surface area contributed by atoms with Crippen molar-refractivity contribution >= 4 is 15.9 Å². The van der Waals surface area contributed by atoms with Gasteiger partial charge in [0.15, 0.2) is 0 Å². The summed E-state index contributed by atoms with van der Waals surface area (Å²) >= 11 is 0. The molecule has 152 valence electrons. The lowest BCUT2D eigenvalue weighted by atomic mass is 9.92. The summed E-state index contributed by atoms with van der Waals surface area (Å²) in [5.41, 5.74) is 5.59. The monoisotopic (exact) mass is 399 g/mol. The van der Waals surface area contributed by atoms with E-state index in [1.807, 2.05) is 13.8 Å². The number of nitrogens with two attached hydrogens (primary N) is 1. The molecule has 0 atom stereocenters. The normalized spacial score (nSPS) is 16.1. The highest BCUT2D eigenvalue weighted by atomic mass is 32.2. The molecule has 0 bridgehead atoms. The predicted molar refractivity (Wildman–Crippen MR) is 102 cm³/mol. The number of sulfonamides is 1. The fourth-order valence-corrected chi connectivity index (χ4v) is 4.61. The summed E-state index contributed by atoms with van der Waals surface area (Å²) in [7, 11) is -2.39.